The van der Waals surface area contributed by atoms with Gasteiger partial charge >= 0.3 is 0 Å². The molecule has 98 valence electrons. The quantitative estimate of drug-likeness (QED) is 0.461. The molecule has 19 heavy (non-hydrogen) atoms. The van der Waals surface area contributed by atoms with Gasteiger partial charge in [0.15, 0.2) is 12.4 Å². The van der Waals surface area contributed by atoms with E-state index < -0.39 is 0 Å². The zero-order valence-electron chi connectivity index (χ0n) is 10.3. The maximum Gasteiger partial charge on any atom is 0.179 e. The van der Waals surface area contributed by atoms with Crippen molar-refractivity contribution in [3.63, 3.8) is 0 Å². The number of benzene rings is 1. The number of pyridine rings is 1. The Morgan fingerprint density at radius 3 is 2.95 bits per heavy atom. The van der Waals surface area contributed by atoms with Crippen molar-refractivity contribution in [1.29, 1.82) is 0 Å². The first kappa shape index (κ1) is 14.3. The molecule has 2 nitrogen and oxygen atoms in total. The molecule has 0 bridgehead atoms. The molecule has 1 aromatic carbocycles. The van der Waals surface area contributed by atoms with E-state index in [9.17, 15) is 4.39 Å². The number of rotatable bonds is 2. The standard InChI is InChI=1S/C14H12FN2S.HI/c1-2-17-7-3-4-10(9-17)14-16-12-6-5-11(15)8-13(12)18-14;/h3-9H,2H2,1H3;1H/q+1;/p-1. The Labute approximate surface area is 131 Å². The Hall–Kier alpha value is -1.08. The summed E-state index contributed by atoms with van der Waals surface area (Å²) in [5.41, 5.74) is 1.92. The fourth-order valence-electron chi connectivity index (χ4n) is 1.87. The summed E-state index contributed by atoms with van der Waals surface area (Å²) in [5.74, 6) is -0.214. The van der Waals surface area contributed by atoms with Gasteiger partial charge in [-0.1, -0.05) is 0 Å². The van der Waals surface area contributed by atoms with Crippen LogP contribution in [0, 0.1) is 5.82 Å². The van der Waals surface area contributed by atoms with Gasteiger partial charge in [0.1, 0.15) is 17.4 Å². The van der Waals surface area contributed by atoms with Crippen LogP contribution in [0.15, 0.2) is 42.7 Å². The second-order valence-electron chi connectivity index (χ2n) is 4.05. The van der Waals surface area contributed by atoms with Crippen LogP contribution in [0.2, 0.25) is 0 Å². The van der Waals surface area contributed by atoms with E-state index in [1.165, 1.54) is 23.5 Å². The molecule has 0 aliphatic rings. The molecule has 2 heterocycles. The summed E-state index contributed by atoms with van der Waals surface area (Å²) >= 11 is 1.52. The Balaban J connectivity index is 0.00000133. The van der Waals surface area contributed by atoms with Crippen molar-refractivity contribution >= 4 is 21.6 Å². The average Bonchev–Trinajstić information content (AvgIpc) is 2.81. The van der Waals surface area contributed by atoms with Crippen LogP contribution >= 0.6 is 11.3 Å². The van der Waals surface area contributed by atoms with Crippen LogP contribution in [0.5, 0.6) is 0 Å². The first-order valence-electron chi connectivity index (χ1n) is 5.82. The lowest BCUT2D eigenvalue weighted by atomic mass is 10.3. The molecule has 0 atom stereocenters. The van der Waals surface area contributed by atoms with Crippen LogP contribution in [-0.2, 0) is 6.54 Å². The molecule has 3 rings (SSSR count). The lowest BCUT2D eigenvalue weighted by Gasteiger charge is -1.94. The van der Waals surface area contributed by atoms with Gasteiger partial charge in [-0.2, -0.15) is 0 Å². The molecule has 0 saturated carbocycles. The highest BCUT2D eigenvalue weighted by molar-refractivity contribution is 7.21. The van der Waals surface area contributed by atoms with E-state index in [-0.39, 0.29) is 29.8 Å². The van der Waals surface area contributed by atoms with Gasteiger partial charge in [0.05, 0.1) is 15.8 Å². The summed E-state index contributed by atoms with van der Waals surface area (Å²) in [6.07, 6.45) is 4.09. The van der Waals surface area contributed by atoms with E-state index >= 15 is 0 Å². The van der Waals surface area contributed by atoms with Gasteiger partial charge < -0.3 is 24.0 Å². The van der Waals surface area contributed by atoms with Gasteiger partial charge in [0.2, 0.25) is 0 Å². The van der Waals surface area contributed by atoms with E-state index in [0.717, 1.165) is 27.3 Å². The lowest BCUT2D eigenvalue weighted by molar-refractivity contribution is -0.693. The van der Waals surface area contributed by atoms with Gasteiger partial charge in [-0.05, 0) is 31.2 Å². The molecular formula is C14H12FIN2S. The Morgan fingerprint density at radius 2 is 2.16 bits per heavy atom. The van der Waals surface area contributed by atoms with Crippen molar-refractivity contribution in [3.05, 3.63) is 48.5 Å². The summed E-state index contributed by atoms with van der Waals surface area (Å²) in [5, 5.41) is 0.929. The third-order valence-electron chi connectivity index (χ3n) is 2.82. The van der Waals surface area contributed by atoms with Crippen LogP contribution < -0.4 is 28.5 Å². The Bertz CT molecular complexity index is 711. The molecule has 2 aromatic heterocycles. The summed E-state index contributed by atoms with van der Waals surface area (Å²) in [6, 6.07) is 8.74. The minimum atomic E-state index is -0.214. The number of aryl methyl sites for hydroxylation is 1. The largest absolute Gasteiger partial charge is 1.00 e. The molecule has 0 aliphatic carbocycles. The SMILES string of the molecule is CC[n+]1cccc(-c2nc3ccc(F)cc3s2)c1.[I-]. The minimum absolute atomic E-state index is 0. The summed E-state index contributed by atoms with van der Waals surface area (Å²) in [4.78, 5) is 4.54. The van der Waals surface area contributed by atoms with E-state index in [1.54, 1.807) is 6.07 Å². The molecule has 0 fully saturated rings. The first-order valence-corrected chi connectivity index (χ1v) is 6.63. The van der Waals surface area contributed by atoms with Crippen molar-refractivity contribution < 1.29 is 32.9 Å². The lowest BCUT2D eigenvalue weighted by Crippen LogP contribution is -3.00. The van der Waals surface area contributed by atoms with E-state index in [1.807, 2.05) is 18.3 Å². The van der Waals surface area contributed by atoms with E-state index in [2.05, 4.69) is 22.7 Å². The average molecular weight is 386 g/mol. The van der Waals surface area contributed by atoms with Crippen molar-refractivity contribution in [2.75, 3.05) is 0 Å². The number of fused-ring (bicyclic) bond motifs is 1. The summed E-state index contributed by atoms with van der Waals surface area (Å²) < 4.78 is 16.1. The molecule has 0 radical (unpaired) electrons. The summed E-state index contributed by atoms with van der Waals surface area (Å²) in [7, 11) is 0. The zero-order valence-corrected chi connectivity index (χ0v) is 13.3. The maximum atomic E-state index is 13.1. The fourth-order valence-corrected chi connectivity index (χ4v) is 2.85. The van der Waals surface area contributed by atoms with Crippen LogP contribution in [0.3, 0.4) is 0 Å². The summed E-state index contributed by atoms with van der Waals surface area (Å²) in [6.45, 7) is 3.02. The van der Waals surface area contributed by atoms with Crippen molar-refractivity contribution in [1.82, 2.24) is 4.98 Å². The second-order valence-corrected chi connectivity index (χ2v) is 5.08. The van der Waals surface area contributed by atoms with Gasteiger partial charge in [-0.15, -0.1) is 11.3 Å². The van der Waals surface area contributed by atoms with Crippen LogP contribution in [0.1, 0.15) is 6.92 Å². The predicted octanol–water partition coefficient (Wildman–Crippen LogP) is 0.414. The van der Waals surface area contributed by atoms with E-state index in [0.29, 0.717) is 0 Å². The molecule has 0 N–H and O–H groups in total. The highest BCUT2D eigenvalue weighted by atomic mass is 127. The topological polar surface area (TPSA) is 16.8 Å². The van der Waals surface area contributed by atoms with Crippen molar-refractivity contribution in [2.24, 2.45) is 0 Å². The van der Waals surface area contributed by atoms with Gasteiger partial charge in [0, 0.05) is 6.07 Å². The van der Waals surface area contributed by atoms with Crippen LogP contribution in [-0.4, -0.2) is 4.98 Å². The highest BCUT2D eigenvalue weighted by Gasteiger charge is 2.09. The molecule has 0 unspecified atom stereocenters. The number of halogens is 2. The van der Waals surface area contributed by atoms with Crippen LogP contribution in [0.25, 0.3) is 20.8 Å². The molecular weight excluding hydrogens is 374 g/mol. The predicted molar refractivity (Wildman–Crippen MR) is 70.9 cm³/mol. The Kier molecular flexibility index (Phi) is 4.46. The number of hydrogen-bond acceptors (Lipinski definition) is 2. The number of aromatic nitrogens is 2. The smallest absolute Gasteiger partial charge is 0.179 e. The third-order valence-corrected chi connectivity index (χ3v) is 3.89. The zero-order chi connectivity index (χ0) is 12.5. The normalized spacial score (nSPS) is 10.4. The highest BCUT2D eigenvalue weighted by Crippen LogP contribution is 2.29. The number of hydrogen-bond donors (Lipinski definition) is 0. The third kappa shape index (κ3) is 2.92. The second kappa shape index (κ2) is 5.92. The monoisotopic (exact) mass is 386 g/mol. The molecule has 0 amide bonds. The molecule has 0 saturated heterocycles. The number of nitrogens with zero attached hydrogens (tertiary/aromatic N) is 2. The van der Waals surface area contributed by atoms with Crippen LogP contribution in [0.4, 0.5) is 4.39 Å². The Morgan fingerprint density at radius 1 is 1.32 bits per heavy atom. The molecule has 0 spiro atoms. The first-order chi connectivity index (χ1) is 8.76. The molecule has 0 aliphatic heterocycles. The van der Waals surface area contributed by atoms with Crippen molar-refractivity contribution in [3.8, 4) is 10.6 Å². The van der Waals surface area contributed by atoms with Gasteiger partial charge in [-0.3, -0.25) is 0 Å². The molecule has 3 aromatic rings. The fraction of sp³-hybridized carbons (Fsp3) is 0.143. The molecule has 5 heteroatoms. The number of thiazole rings is 1. The van der Waals surface area contributed by atoms with Gasteiger partial charge in [-0.25, -0.2) is 13.9 Å². The minimum Gasteiger partial charge on any atom is -1.00 e. The van der Waals surface area contributed by atoms with Gasteiger partial charge in [0.25, 0.3) is 0 Å². The van der Waals surface area contributed by atoms with Crippen molar-refractivity contribution in [2.45, 2.75) is 13.5 Å². The van der Waals surface area contributed by atoms with E-state index in [4.69, 9.17) is 0 Å². The maximum absolute atomic E-state index is 13.1.